The second-order valence-electron chi connectivity index (χ2n) is 6.54. The van der Waals surface area contributed by atoms with Crippen molar-refractivity contribution < 1.29 is 4.79 Å². The summed E-state index contributed by atoms with van der Waals surface area (Å²) >= 11 is 9.63. The first kappa shape index (κ1) is 18.9. The standard InChI is InChI=1S/C21H18BrClN4O/c22-16-7-5-15(6-8-16)21(28)27-13-11-26(12-14-27)20-10-9-19(24-25-20)17-3-1-2-4-18(17)23/h1-10H,11-14H2. The molecule has 4 rings (SSSR count). The topological polar surface area (TPSA) is 49.3 Å². The van der Waals surface area contributed by atoms with Crippen molar-refractivity contribution in [3.63, 3.8) is 0 Å². The Balaban J connectivity index is 1.40. The van der Waals surface area contributed by atoms with Crippen molar-refractivity contribution >= 4 is 39.3 Å². The molecular formula is C21H18BrClN4O. The van der Waals surface area contributed by atoms with E-state index in [9.17, 15) is 4.79 Å². The van der Waals surface area contributed by atoms with Crippen molar-refractivity contribution in [3.05, 3.63) is 75.7 Å². The molecule has 3 aromatic rings. The highest BCUT2D eigenvalue weighted by Gasteiger charge is 2.23. The van der Waals surface area contributed by atoms with Gasteiger partial charge >= 0.3 is 0 Å². The van der Waals surface area contributed by atoms with E-state index in [4.69, 9.17) is 11.6 Å². The van der Waals surface area contributed by atoms with Crippen molar-refractivity contribution in [1.29, 1.82) is 0 Å². The SMILES string of the molecule is O=C(c1ccc(Br)cc1)N1CCN(c2ccc(-c3ccccc3Cl)nn2)CC1. The van der Waals surface area contributed by atoms with Gasteiger partial charge < -0.3 is 9.80 Å². The van der Waals surface area contributed by atoms with E-state index in [0.717, 1.165) is 34.6 Å². The van der Waals surface area contributed by atoms with Gasteiger partial charge in [0.1, 0.15) is 0 Å². The van der Waals surface area contributed by atoms with Crippen molar-refractivity contribution in [2.75, 3.05) is 31.1 Å². The van der Waals surface area contributed by atoms with Gasteiger partial charge in [0.2, 0.25) is 0 Å². The molecule has 2 heterocycles. The van der Waals surface area contributed by atoms with Crippen molar-refractivity contribution in [2.24, 2.45) is 0 Å². The first-order valence-electron chi connectivity index (χ1n) is 9.00. The predicted molar refractivity (Wildman–Crippen MR) is 115 cm³/mol. The van der Waals surface area contributed by atoms with Crippen molar-refractivity contribution in [2.45, 2.75) is 0 Å². The van der Waals surface area contributed by atoms with Crippen LogP contribution in [-0.2, 0) is 0 Å². The van der Waals surface area contributed by atoms with Crippen LogP contribution in [0.1, 0.15) is 10.4 Å². The Labute approximate surface area is 177 Å². The third kappa shape index (κ3) is 4.03. The summed E-state index contributed by atoms with van der Waals surface area (Å²) in [5.74, 6) is 0.874. The molecule has 5 nitrogen and oxygen atoms in total. The summed E-state index contributed by atoms with van der Waals surface area (Å²) < 4.78 is 0.965. The number of carbonyl (C=O) groups is 1. The molecule has 1 aliphatic heterocycles. The lowest BCUT2D eigenvalue weighted by atomic mass is 10.1. The number of carbonyl (C=O) groups excluding carboxylic acids is 1. The van der Waals surface area contributed by atoms with E-state index in [-0.39, 0.29) is 5.91 Å². The van der Waals surface area contributed by atoms with Gasteiger partial charge in [0, 0.05) is 41.8 Å². The maximum atomic E-state index is 12.6. The Hall–Kier alpha value is -2.44. The van der Waals surface area contributed by atoms with E-state index in [1.54, 1.807) is 0 Å². The first-order chi connectivity index (χ1) is 13.6. The number of halogens is 2. The molecule has 1 saturated heterocycles. The van der Waals surface area contributed by atoms with Crippen molar-refractivity contribution in [3.8, 4) is 11.3 Å². The summed E-state index contributed by atoms with van der Waals surface area (Å²) in [6.45, 7) is 2.76. The van der Waals surface area contributed by atoms with E-state index in [0.29, 0.717) is 23.7 Å². The Kier molecular flexibility index (Phi) is 5.59. The van der Waals surface area contributed by atoms with E-state index in [1.165, 1.54) is 0 Å². The maximum absolute atomic E-state index is 12.6. The molecule has 0 saturated carbocycles. The smallest absolute Gasteiger partial charge is 0.253 e. The summed E-state index contributed by atoms with van der Waals surface area (Å²) in [6.07, 6.45) is 0. The number of benzene rings is 2. The molecule has 2 aromatic carbocycles. The lowest BCUT2D eigenvalue weighted by molar-refractivity contribution is 0.0746. The number of piperazine rings is 1. The molecule has 7 heteroatoms. The zero-order chi connectivity index (χ0) is 19.5. The molecule has 0 unspecified atom stereocenters. The van der Waals surface area contributed by atoms with Crippen LogP contribution in [0.4, 0.5) is 5.82 Å². The van der Waals surface area contributed by atoms with Gasteiger partial charge in [-0.25, -0.2) is 0 Å². The fourth-order valence-electron chi connectivity index (χ4n) is 3.22. The van der Waals surface area contributed by atoms with Gasteiger partial charge in [0.05, 0.1) is 10.7 Å². The molecule has 0 spiro atoms. The Morgan fingerprint density at radius 1 is 0.893 bits per heavy atom. The van der Waals surface area contributed by atoms with Crippen LogP contribution >= 0.6 is 27.5 Å². The molecule has 28 heavy (non-hydrogen) atoms. The molecule has 0 aliphatic carbocycles. The van der Waals surface area contributed by atoms with E-state index < -0.39 is 0 Å². The lowest BCUT2D eigenvalue weighted by Gasteiger charge is -2.35. The van der Waals surface area contributed by atoms with Gasteiger partial charge in [-0.3, -0.25) is 4.79 Å². The van der Waals surface area contributed by atoms with E-state index in [2.05, 4.69) is 31.0 Å². The van der Waals surface area contributed by atoms with Crippen LogP contribution in [0.3, 0.4) is 0 Å². The highest BCUT2D eigenvalue weighted by atomic mass is 79.9. The minimum atomic E-state index is 0.0623. The Morgan fingerprint density at radius 2 is 1.61 bits per heavy atom. The molecule has 0 bridgehead atoms. The van der Waals surface area contributed by atoms with Gasteiger partial charge in [0.15, 0.2) is 5.82 Å². The van der Waals surface area contributed by atoms with Gasteiger partial charge in [-0.2, -0.15) is 0 Å². The maximum Gasteiger partial charge on any atom is 0.253 e. The summed E-state index contributed by atoms with van der Waals surface area (Å²) in [6, 6.07) is 18.9. The van der Waals surface area contributed by atoms with Gasteiger partial charge in [-0.15, -0.1) is 10.2 Å². The molecule has 0 atom stereocenters. The predicted octanol–water partition coefficient (Wildman–Crippen LogP) is 4.52. The summed E-state index contributed by atoms with van der Waals surface area (Å²) in [5.41, 5.74) is 2.33. The molecule has 0 radical (unpaired) electrons. The summed E-state index contributed by atoms with van der Waals surface area (Å²) in [4.78, 5) is 16.7. The first-order valence-corrected chi connectivity index (χ1v) is 10.2. The fraction of sp³-hybridized carbons (Fsp3) is 0.190. The summed E-state index contributed by atoms with van der Waals surface area (Å²) in [5, 5.41) is 9.36. The third-order valence-corrected chi connectivity index (χ3v) is 5.64. The average molecular weight is 458 g/mol. The molecule has 1 aromatic heterocycles. The van der Waals surface area contributed by atoms with E-state index in [1.807, 2.05) is 65.6 Å². The lowest BCUT2D eigenvalue weighted by Crippen LogP contribution is -2.49. The Morgan fingerprint density at radius 3 is 2.25 bits per heavy atom. The van der Waals surface area contributed by atoms with Crippen LogP contribution in [0.15, 0.2) is 65.1 Å². The van der Waals surface area contributed by atoms with Crippen LogP contribution in [0.5, 0.6) is 0 Å². The van der Waals surface area contributed by atoms with Gasteiger partial charge in [-0.05, 0) is 42.5 Å². The number of amides is 1. The Bertz CT molecular complexity index is 970. The van der Waals surface area contributed by atoms with Crippen LogP contribution in [0.25, 0.3) is 11.3 Å². The van der Waals surface area contributed by atoms with Gasteiger partial charge in [0.25, 0.3) is 5.91 Å². The normalized spacial score (nSPS) is 14.2. The van der Waals surface area contributed by atoms with Crippen LogP contribution in [-0.4, -0.2) is 47.2 Å². The quantitative estimate of drug-likeness (QED) is 0.580. The molecule has 1 aliphatic rings. The molecular weight excluding hydrogens is 440 g/mol. The van der Waals surface area contributed by atoms with E-state index >= 15 is 0 Å². The monoisotopic (exact) mass is 456 g/mol. The van der Waals surface area contributed by atoms with Gasteiger partial charge in [-0.1, -0.05) is 45.7 Å². The number of aromatic nitrogens is 2. The number of rotatable bonds is 3. The number of hydrogen-bond acceptors (Lipinski definition) is 4. The fourth-order valence-corrected chi connectivity index (χ4v) is 3.72. The number of hydrogen-bond donors (Lipinski definition) is 0. The number of nitrogens with zero attached hydrogens (tertiary/aromatic N) is 4. The average Bonchev–Trinajstić information content (AvgIpc) is 2.74. The molecule has 1 fully saturated rings. The molecule has 0 N–H and O–H groups in total. The zero-order valence-electron chi connectivity index (χ0n) is 15.1. The second kappa shape index (κ2) is 8.29. The highest BCUT2D eigenvalue weighted by Crippen LogP contribution is 2.26. The molecule has 142 valence electrons. The molecule has 1 amide bonds. The largest absolute Gasteiger partial charge is 0.352 e. The van der Waals surface area contributed by atoms with Crippen LogP contribution in [0.2, 0.25) is 5.02 Å². The summed E-state index contributed by atoms with van der Waals surface area (Å²) in [7, 11) is 0. The highest BCUT2D eigenvalue weighted by molar-refractivity contribution is 9.10. The minimum Gasteiger partial charge on any atom is -0.352 e. The van der Waals surface area contributed by atoms with Crippen LogP contribution < -0.4 is 4.90 Å². The third-order valence-electron chi connectivity index (χ3n) is 4.78. The second-order valence-corrected chi connectivity index (χ2v) is 7.87. The number of anilines is 1. The minimum absolute atomic E-state index is 0.0623. The van der Waals surface area contributed by atoms with Crippen molar-refractivity contribution in [1.82, 2.24) is 15.1 Å². The van der Waals surface area contributed by atoms with Crippen LogP contribution in [0, 0.1) is 0 Å². The zero-order valence-corrected chi connectivity index (χ0v) is 17.4.